The van der Waals surface area contributed by atoms with Crippen molar-refractivity contribution in [1.29, 1.82) is 0 Å². The zero-order valence-corrected chi connectivity index (χ0v) is 14.8. The van der Waals surface area contributed by atoms with E-state index >= 15 is 0 Å². The summed E-state index contributed by atoms with van der Waals surface area (Å²) >= 11 is 0. The van der Waals surface area contributed by atoms with Crippen molar-refractivity contribution in [3.05, 3.63) is 70.8 Å². The molecule has 136 valence electrons. The molecule has 1 fully saturated rings. The Hall–Kier alpha value is -2.66. The molecule has 0 saturated carbocycles. The first kappa shape index (κ1) is 18.1. The number of aliphatic hydroxyl groups is 1. The van der Waals surface area contributed by atoms with Gasteiger partial charge in [0, 0.05) is 18.2 Å². The first-order valence-corrected chi connectivity index (χ1v) is 8.84. The number of amides is 1. The summed E-state index contributed by atoms with van der Waals surface area (Å²) in [5.41, 5.74) is 2.10. The molecule has 3 rings (SSSR count). The number of carboxylic acids is 1. The van der Waals surface area contributed by atoms with Crippen molar-refractivity contribution in [3.63, 3.8) is 0 Å². The number of carbonyl (C=O) groups is 2. The molecule has 2 atom stereocenters. The molecule has 0 aromatic heterocycles. The molecule has 1 amide bonds. The van der Waals surface area contributed by atoms with E-state index in [1.807, 2.05) is 30.3 Å². The van der Waals surface area contributed by atoms with Crippen LogP contribution in [0, 0.1) is 6.92 Å². The highest BCUT2D eigenvalue weighted by Gasteiger charge is 2.31. The maximum absolute atomic E-state index is 13.0. The van der Waals surface area contributed by atoms with Crippen LogP contribution in [0.4, 0.5) is 0 Å². The van der Waals surface area contributed by atoms with Gasteiger partial charge in [0.1, 0.15) is 0 Å². The van der Waals surface area contributed by atoms with Gasteiger partial charge in [0.2, 0.25) is 0 Å². The summed E-state index contributed by atoms with van der Waals surface area (Å²) in [6, 6.07) is 14.1. The fraction of sp³-hybridized carbons (Fsp3) is 0.333. The molecule has 2 aromatic rings. The van der Waals surface area contributed by atoms with Crippen LogP contribution >= 0.6 is 0 Å². The highest BCUT2D eigenvalue weighted by atomic mass is 16.4. The fourth-order valence-corrected chi connectivity index (χ4v) is 3.61. The van der Waals surface area contributed by atoms with Gasteiger partial charge in [0.15, 0.2) is 0 Å². The SMILES string of the molecule is Cc1cc(C(=O)O)cc(C(=O)N2CCCC2CC(O)c2ccccc2)c1. The minimum absolute atomic E-state index is 0.0495. The number of aliphatic hydroxyl groups excluding tert-OH is 1. The topological polar surface area (TPSA) is 77.8 Å². The zero-order chi connectivity index (χ0) is 18.7. The molecule has 26 heavy (non-hydrogen) atoms. The number of aryl methyl sites for hydroxylation is 1. The lowest BCUT2D eigenvalue weighted by atomic mass is 9.99. The second-order valence-corrected chi connectivity index (χ2v) is 6.85. The van der Waals surface area contributed by atoms with Gasteiger partial charge in [0.05, 0.1) is 11.7 Å². The Morgan fingerprint density at radius 3 is 2.54 bits per heavy atom. The van der Waals surface area contributed by atoms with Gasteiger partial charge >= 0.3 is 5.97 Å². The number of rotatable bonds is 5. The predicted molar refractivity (Wildman–Crippen MR) is 98.2 cm³/mol. The lowest BCUT2D eigenvalue weighted by Crippen LogP contribution is -2.36. The van der Waals surface area contributed by atoms with Crippen LogP contribution in [-0.4, -0.2) is 39.6 Å². The van der Waals surface area contributed by atoms with Crippen molar-refractivity contribution in [2.45, 2.75) is 38.3 Å². The molecule has 1 heterocycles. The standard InChI is InChI=1S/C21H23NO4/c1-14-10-16(12-17(11-14)21(25)26)20(24)22-9-5-8-18(22)13-19(23)15-6-3-2-4-7-15/h2-4,6-7,10-12,18-19,23H,5,8-9,13H2,1H3,(H,25,26). The molecule has 2 aromatic carbocycles. The number of nitrogens with zero attached hydrogens (tertiary/aromatic N) is 1. The molecule has 2 N–H and O–H groups in total. The van der Waals surface area contributed by atoms with Crippen molar-refractivity contribution in [2.75, 3.05) is 6.54 Å². The molecule has 0 radical (unpaired) electrons. The summed E-state index contributed by atoms with van der Waals surface area (Å²) in [5, 5.41) is 19.7. The number of hydrogen-bond donors (Lipinski definition) is 2. The zero-order valence-electron chi connectivity index (χ0n) is 14.8. The maximum Gasteiger partial charge on any atom is 0.335 e. The van der Waals surface area contributed by atoms with E-state index in [-0.39, 0.29) is 17.5 Å². The molecule has 0 spiro atoms. The minimum Gasteiger partial charge on any atom is -0.478 e. The first-order chi connectivity index (χ1) is 12.5. The van der Waals surface area contributed by atoms with Gasteiger partial charge in [-0.3, -0.25) is 4.79 Å². The van der Waals surface area contributed by atoms with Crippen LogP contribution in [-0.2, 0) is 0 Å². The third-order valence-corrected chi connectivity index (χ3v) is 4.89. The number of hydrogen-bond acceptors (Lipinski definition) is 3. The molecule has 5 heteroatoms. The maximum atomic E-state index is 13.0. The van der Waals surface area contributed by atoms with Crippen LogP contribution in [0.3, 0.4) is 0 Å². The summed E-state index contributed by atoms with van der Waals surface area (Å²) in [5.74, 6) is -1.21. The van der Waals surface area contributed by atoms with E-state index in [1.165, 1.54) is 6.07 Å². The third kappa shape index (κ3) is 3.94. The Kier molecular flexibility index (Phi) is 5.38. The van der Waals surface area contributed by atoms with Crippen molar-refractivity contribution in [1.82, 2.24) is 4.90 Å². The van der Waals surface area contributed by atoms with Gasteiger partial charge in [-0.2, -0.15) is 0 Å². The lowest BCUT2D eigenvalue weighted by molar-refractivity contribution is 0.0667. The normalized spacial score (nSPS) is 17.9. The average molecular weight is 353 g/mol. The number of likely N-dealkylation sites (tertiary alicyclic amines) is 1. The Morgan fingerprint density at radius 2 is 1.85 bits per heavy atom. The van der Waals surface area contributed by atoms with E-state index < -0.39 is 12.1 Å². The largest absolute Gasteiger partial charge is 0.478 e. The average Bonchev–Trinajstić information content (AvgIpc) is 3.09. The second-order valence-electron chi connectivity index (χ2n) is 6.85. The Bertz CT molecular complexity index is 803. The van der Waals surface area contributed by atoms with Crippen molar-refractivity contribution >= 4 is 11.9 Å². The minimum atomic E-state index is -1.04. The summed E-state index contributed by atoms with van der Waals surface area (Å²) in [4.78, 5) is 26.0. The van der Waals surface area contributed by atoms with E-state index in [9.17, 15) is 19.8 Å². The summed E-state index contributed by atoms with van der Waals surface area (Å²) in [6.45, 7) is 2.41. The highest BCUT2D eigenvalue weighted by molar-refractivity contribution is 5.98. The van der Waals surface area contributed by atoms with E-state index in [0.717, 1.165) is 24.0 Å². The van der Waals surface area contributed by atoms with E-state index in [2.05, 4.69) is 0 Å². The van der Waals surface area contributed by atoms with Gasteiger partial charge < -0.3 is 15.1 Å². The number of carboxylic acid groups (broad SMARTS) is 1. The van der Waals surface area contributed by atoms with Crippen molar-refractivity contribution < 1.29 is 19.8 Å². The quantitative estimate of drug-likeness (QED) is 0.863. The molecule has 2 unspecified atom stereocenters. The first-order valence-electron chi connectivity index (χ1n) is 8.84. The smallest absolute Gasteiger partial charge is 0.335 e. The van der Waals surface area contributed by atoms with Crippen LogP contribution in [0.1, 0.15) is 57.2 Å². The van der Waals surface area contributed by atoms with Crippen molar-refractivity contribution in [3.8, 4) is 0 Å². The summed E-state index contributed by atoms with van der Waals surface area (Å²) < 4.78 is 0. The monoisotopic (exact) mass is 353 g/mol. The molecule has 1 saturated heterocycles. The summed E-state index contributed by atoms with van der Waals surface area (Å²) in [7, 11) is 0. The van der Waals surface area contributed by atoms with E-state index in [1.54, 1.807) is 24.0 Å². The molecule has 1 aliphatic rings. The molecular weight excluding hydrogens is 330 g/mol. The van der Waals surface area contributed by atoms with Crippen molar-refractivity contribution in [2.24, 2.45) is 0 Å². The number of aromatic carboxylic acids is 1. The van der Waals surface area contributed by atoms with E-state index in [4.69, 9.17) is 0 Å². The Labute approximate surface area is 152 Å². The predicted octanol–water partition coefficient (Wildman–Crippen LogP) is 3.42. The number of carbonyl (C=O) groups excluding carboxylic acids is 1. The van der Waals surface area contributed by atoms with Crippen LogP contribution in [0.15, 0.2) is 48.5 Å². The molecular formula is C21H23NO4. The Morgan fingerprint density at radius 1 is 1.15 bits per heavy atom. The second kappa shape index (κ2) is 7.70. The van der Waals surface area contributed by atoms with Gasteiger partial charge in [-0.25, -0.2) is 4.79 Å². The fourth-order valence-electron chi connectivity index (χ4n) is 3.61. The van der Waals surface area contributed by atoms with E-state index in [0.29, 0.717) is 18.5 Å². The number of benzene rings is 2. The van der Waals surface area contributed by atoms with Gasteiger partial charge in [-0.15, -0.1) is 0 Å². The van der Waals surface area contributed by atoms with Gasteiger partial charge in [0.25, 0.3) is 5.91 Å². The van der Waals surface area contributed by atoms with Gasteiger partial charge in [-0.1, -0.05) is 30.3 Å². The van der Waals surface area contributed by atoms with Gasteiger partial charge in [-0.05, 0) is 55.5 Å². The molecule has 5 nitrogen and oxygen atoms in total. The lowest BCUT2D eigenvalue weighted by Gasteiger charge is -2.27. The highest BCUT2D eigenvalue weighted by Crippen LogP contribution is 2.29. The van der Waals surface area contributed by atoms with Crippen LogP contribution in [0.25, 0.3) is 0 Å². The molecule has 1 aliphatic heterocycles. The van der Waals surface area contributed by atoms with Crippen LogP contribution in [0.2, 0.25) is 0 Å². The summed E-state index contributed by atoms with van der Waals surface area (Å²) in [6.07, 6.45) is 1.58. The molecule has 0 bridgehead atoms. The van der Waals surface area contributed by atoms with Crippen LogP contribution < -0.4 is 0 Å². The Balaban J connectivity index is 1.77. The molecule has 0 aliphatic carbocycles. The third-order valence-electron chi connectivity index (χ3n) is 4.89. The van der Waals surface area contributed by atoms with Crippen LogP contribution in [0.5, 0.6) is 0 Å².